The van der Waals surface area contributed by atoms with Gasteiger partial charge in [-0.3, -0.25) is 4.57 Å². The summed E-state index contributed by atoms with van der Waals surface area (Å²) >= 11 is 1.86. The Kier molecular flexibility index (Phi) is 7.04. The van der Waals surface area contributed by atoms with Gasteiger partial charge in [0.1, 0.15) is 5.82 Å². The number of nitrogens with zero attached hydrogens (tertiary/aromatic N) is 4. The van der Waals surface area contributed by atoms with Gasteiger partial charge in [0.2, 0.25) is 0 Å². The predicted molar refractivity (Wildman–Crippen MR) is 229 cm³/mol. The second-order valence-corrected chi connectivity index (χ2v) is 15.9. The first-order valence-corrected chi connectivity index (χ1v) is 19.5. The number of hydrogen-bond acceptors (Lipinski definition) is 4. The minimum atomic E-state index is -0.276. The van der Waals surface area contributed by atoms with E-state index in [0.29, 0.717) is 5.82 Å². The quantitative estimate of drug-likeness (QED) is 0.178. The van der Waals surface area contributed by atoms with E-state index in [1.165, 1.54) is 48.0 Å². The number of para-hydroxylation sites is 3. The Labute approximate surface area is 323 Å². The lowest BCUT2D eigenvalue weighted by Crippen LogP contribution is -2.17. The molecule has 0 radical (unpaired) electrons. The highest BCUT2D eigenvalue weighted by Crippen LogP contribution is 2.52. The summed E-state index contributed by atoms with van der Waals surface area (Å²) in [6.45, 7) is 4.61. The van der Waals surface area contributed by atoms with Crippen LogP contribution in [0, 0.1) is 0 Å². The third-order valence-electron chi connectivity index (χ3n) is 11.2. The van der Waals surface area contributed by atoms with Gasteiger partial charge in [-0.25, -0.2) is 15.0 Å². The summed E-state index contributed by atoms with van der Waals surface area (Å²) in [5.74, 6) is 1.61. The number of fused-ring (bicyclic) bond motifs is 7. The number of benzene rings is 7. The molecule has 1 aliphatic rings. The Balaban J connectivity index is 1.07. The van der Waals surface area contributed by atoms with Gasteiger partial charge in [-0.15, -0.1) is 11.3 Å². The topological polar surface area (TPSA) is 43.6 Å². The zero-order valence-corrected chi connectivity index (χ0v) is 31.2. The van der Waals surface area contributed by atoms with E-state index in [1.807, 2.05) is 23.5 Å². The fraction of sp³-hybridized carbons (Fsp3) is 0.0600. The molecule has 260 valence electrons. The predicted octanol–water partition coefficient (Wildman–Crippen LogP) is 13.2. The molecule has 11 rings (SSSR count). The van der Waals surface area contributed by atoms with Gasteiger partial charge in [-0.05, 0) is 53.1 Å². The van der Waals surface area contributed by atoms with Crippen molar-refractivity contribution < 1.29 is 0 Å². The smallest absolute Gasteiger partial charge is 0.160 e. The number of imidazole rings is 1. The van der Waals surface area contributed by atoms with E-state index in [0.717, 1.165) is 50.6 Å². The first-order chi connectivity index (χ1) is 27.0. The Morgan fingerprint density at radius 1 is 0.509 bits per heavy atom. The van der Waals surface area contributed by atoms with E-state index in [-0.39, 0.29) is 5.41 Å². The highest BCUT2D eigenvalue weighted by Gasteiger charge is 2.40. The summed E-state index contributed by atoms with van der Waals surface area (Å²) in [5.41, 5.74) is 13.9. The maximum absolute atomic E-state index is 5.47. The molecule has 0 aliphatic heterocycles. The van der Waals surface area contributed by atoms with Crippen molar-refractivity contribution in [3.63, 3.8) is 0 Å². The minimum Gasteiger partial charge on any atom is -0.292 e. The highest BCUT2D eigenvalue weighted by atomic mass is 32.1. The standard InChI is InChI=1S/C50H34N4S/c1-50(2)40-22-8-6-19-39(40)46-44(50)45(34-15-12-14-33(30-34)36-20-13-21-38-37-18-7-11-25-43(37)55-47(36)38)52-48(53-46)31-26-28-32(29-27-31)49-51-41-23-9-10-24-42(41)54(49)35-16-4-3-5-17-35/h3-30H,1-2H3. The second-order valence-electron chi connectivity index (χ2n) is 14.8. The molecule has 0 saturated carbocycles. The average Bonchev–Trinajstić information content (AvgIpc) is 3.89. The van der Waals surface area contributed by atoms with Gasteiger partial charge in [0.05, 0.1) is 22.4 Å². The molecular formula is C50H34N4S. The van der Waals surface area contributed by atoms with Crippen LogP contribution in [0.3, 0.4) is 0 Å². The molecule has 0 saturated heterocycles. The summed E-state index contributed by atoms with van der Waals surface area (Å²) < 4.78 is 4.85. The normalized spacial score (nSPS) is 13.1. The Hall–Kier alpha value is -6.69. The van der Waals surface area contributed by atoms with Gasteiger partial charge in [0.25, 0.3) is 0 Å². The number of hydrogen-bond donors (Lipinski definition) is 0. The average molecular weight is 723 g/mol. The van der Waals surface area contributed by atoms with Gasteiger partial charge >= 0.3 is 0 Å². The van der Waals surface area contributed by atoms with Crippen molar-refractivity contribution in [2.45, 2.75) is 19.3 Å². The Bertz CT molecular complexity index is 3120. The first-order valence-electron chi connectivity index (χ1n) is 18.7. The van der Waals surface area contributed by atoms with Crippen LogP contribution in [0.25, 0.3) is 93.3 Å². The van der Waals surface area contributed by atoms with Crippen LogP contribution in [0.15, 0.2) is 170 Å². The summed E-state index contributed by atoms with van der Waals surface area (Å²) in [6, 6.07) is 60.3. The molecule has 4 nitrogen and oxygen atoms in total. The molecule has 3 aromatic heterocycles. The lowest BCUT2D eigenvalue weighted by molar-refractivity contribution is 0.658. The third kappa shape index (κ3) is 4.93. The van der Waals surface area contributed by atoms with Gasteiger partial charge < -0.3 is 0 Å². The number of thiophene rings is 1. The molecule has 0 bridgehead atoms. The van der Waals surface area contributed by atoms with Gasteiger partial charge in [0, 0.05) is 59.1 Å². The van der Waals surface area contributed by atoms with Crippen molar-refractivity contribution in [1.82, 2.24) is 19.5 Å². The van der Waals surface area contributed by atoms with Crippen molar-refractivity contribution in [2.24, 2.45) is 0 Å². The Morgan fingerprint density at radius 2 is 1.18 bits per heavy atom. The van der Waals surface area contributed by atoms with Gasteiger partial charge in [0.15, 0.2) is 5.82 Å². The molecule has 0 fully saturated rings. The van der Waals surface area contributed by atoms with E-state index in [2.05, 4.69) is 176 Å². The third-order valence-corrected chi connectivity index (χ3v) is 12.4. The maximum Gasteiger partial charge on any atom is 0.160 e. The van der Waals surface area contributed by atoms with Crippen molar-refractivity contribution in [2.75, 3.05) is 0 Å². The van der Waals surface area contributed by atoms with Crippen molar-refractivity contribution >= 4 is 42.5 Å². The van der Waals surface area contributed by atoms with Crippen molar-refractivity contribution in [3.8, 4) is 62.1 Å². The van der Waals surface area contributed by atoms with Crippen LogP contribution in [-0.4, -0.2) is 19.5 Å². The first kappa shape index (κ1) is 31.8. The molecular weight excluding hydrogens is 689 g/mol. The molecule has 0 N–H and O–H groups in total. The second kappa shape index (κ2) is 12.2. The van der Waals surface area contributed by atoms with Crippen molar-refractivity contribution in [1.29, 1.82) is 0 Å². The van der Waals surface area contributed by atoms with Crippen LogP contribution in [0.1, 0.15) is 25.0 Å². The van der Waals surface area contributed by atoms with E-state index >= 15 is 0 Å². The van der Waals surface area contributed by atoms with E-state index in [9.17, 15) is 0 Å². The monoisotopic (exact) mass is 722 g/mol. The fourth-order valence-corrected chi connectivity index (χ4v) is 9.83. The lowest BCUT2D eigenvalue weighted by Gasteiger charge is -2.24. The molecule has 7 aromatic carbocycles. The van der Waals surface area contributed by atoms with Crippen LogP contribution in [0.5, 0.6) is 0 Å². The largest absolute Gasteiger partial charge is 0.292 e. The minimum absolute atomic E-state index is 0.276. The lowest BCUT2D eigenvalue weighted by atomic mass is 9.80. The zero-order chi connectivity index (χ0) is 36.7. The molecule has 0 unspecified atom stereocenters. The van der Waals surface area contributed by atoms with Crippen LogP contribution >= 0.6 is 11.3 Å². The number of aromatic nitrogens is 4. The summed E-state index contributed by atoms with van der Waals surface area (Å²) in [6.07, 6.45) is 0. The zero-order valence-electron chi connectivity index (χ0n) is 30.4. The molecule has 1 aliphatic carbocycles. The highest BCUT2D eigenvalue weighted by molar-refractivity contribution is 7.26. The molecule has 0 spiro atoms. The molecule has 10 aromatic rings. The van der Waals surface area contributed by atoms with E-state index in [4.69, 9.17) is 15.0 Å². The van der Waals surface area contributed by atoms with E-state index in [1.54, 1.807) is 0 Å². The van der Waals surface area contributed by atoms with Crippen LogP contribution in [0.4, 0.5) is 0 Å². The van der Waals surface area contributed by atoms with Gasteiger partial charge in [-0.1, -0.05) is 147 Å². The van der Waals surface area contributed by atoms with E-state index < -0.39 is 0 Å². The van der Waals surface area contributed by atoms with Crippen molar-refractivity contribution in [3.05, 3.63) is 181 Å². The summed E-state index contributed by atoms with van der Waals surface area (Å²) in [5, 5.41) is 2.61. The Morgan fingerprint density at radius 3 is 2.07 bits per heavy atom. The molecule has 55 heavy (non-hydrogen) atoms. The number of rotatable bonds is 5. The van der Waals surface area contributed by atoms with Crippen LogP contribution in [-0.2, 0) is 5.41 Å². The maximum atomic E-state index is 5.47. The molecule has 0 amide bonds. The molecule has 3 heterocycles. The van der Waals surface area contributed by atoms with Crippen LogP contribution in [0.2, 0.25) is 0 Å². The summed E-state index contributed by atoms with van der Waals surface area (Å²) in [7, 11) is 0. The summed E-state index contributed by atoms with van der Waals surface area (Å²) in [4.78, 5) is 15.9. The fourth-order valence-electron chi connectivity index (χ4n) is 8.59. The van der Waals surface area contributed by atoms with Gasteiger partial charge in [-0.2, -0.15) is 0 Å². The van der Waals surface area contributed by atoms with Crippen LogP contribution < -0.4 is 0 Å². The SMILES string of the molecule is CC1(C)c2ccccc2-c2nc(-c3ccc(-c4nc5ccccc5n4-c4ccccc4)cc3)nc(-c3cccc(-c4cccc5c4sc4ccccc45)c3)c21. The molecule has 5 heteroatoms. The molecule has 0 atom stereocenters.